The van der Waals surface area contributed by atoms with Crippen LogP contribution in [0.4, 0.5) is 0 Å². The maximum absolute atomic E-state index is 12.0. The monoisotopic (exact) mass is 259 g/mol. The summed E-state index contributed by atoms with van der Waals surface area (Å²) in [7, 11) is 3.27. The molecule has 0 aliphatic carbocycles. The normalized spacial score (nSPS) is 12.8. The van der Waals surface area contributed by atoms with Gasteiger partial charge in [0.05, 0.1) is 0 Å². The minimum Gasteiger partial charge on any atom is -0.458 e. The third-order valence-corrected chi connectivity index (χ3v) is 1.78. The molecule has 0 aromatic heterocycles. The fourth-order valence-electron chi connectivity index (χ4n) is 1.23. The highest BCUT2D eigenvalue weighted by Crippen LogP contribution is 2.14. The molecule has 0 saturated carbocycles. The van der Waals surface area contributed by atoms with E-state index in [9.17, 15) is 9.59 Å². The molecule has 0 rings (SSSR count). The molecule has 0 atom stereocenters. The first-order chi connectivity index (χ1) is 7.83. The van der Waals surface area contributed by atoms with Crippen LogP contribution in [0.3, 0.4) is 0 Å². The molecular formula is C13H25NO4. The third-order valence-electron chi connectivity index (χ3n) is 1.78. The Morgan fingerprint density at radius 1 is 0.833 bits per heavy atom. The summed E-state index contributed by atoms with van der Waals surface area (Å²) in [5.74, 6) is -1.19. The minimum absolute atomic E-state index is 0.596. The summed E-state index contributed by atoms with van der Waals surface area (Å²) < 4.78 is 10.4. The fraction of sp³-hybridized carbons (Fsp3) is 0.846. The lowest BCUT2D eigenvalue weighted by molar-refractivity contribution is -0.174. The van der Waals surface area contributed by atoms with Crippen LogP contribution in [0, 0.1) is 0 Å². The molecular weight excluding hydrogens is 234 g/mol. The zero-order valence-electron chi connectivity index (χ0n) is 12.7. The van der Waals surface area contributed by atoms with E-state index in [-0.39, 0.29) is 0 Å². The van der Waals surface area contributed by atoms with Gasteiger partial charge in [-0.1, -0.05) is 0 Å². The van der Waals surface area contributed by atoms with Gasteiger partial charge < -0.3 is 9.47 Å². The standard InChI is InChI=1S/C13H25NO4/c1-12(2,3)17-10(15)9(14(7)8)11(16)18-13(4,5)6/h9H,1-8H3. The molecule has 0 aromatic rings. The van der Waals surface area contributed by atoms with Crippen molar-refractivity contribution in [2.45, 2.75) is 58.8 Å². The van der Waals surface area contributed by atoms with Crippen LogP contribution in [0.15, 0.2) is 0 Å². The van der Waals surface area contributed by atoms with Gasteiger partial charge in [-0.2, -0.15) is 0 Å². The maximum Gasteiger partial charge on any atom is 0.335 e. The molecule has 18 heavy (non-hydrogen) atoms. The predicted octanol–water partition coefficient (Wildman–Crippen LogP) is 1.60. The average molecular weight is 259 g/mol. The Kier molecular flexibility index (Phi) is 5.35. The second-order valence-corrected chi connectivity index (χ2v) is 6.43. The summed E-state index contributed by atoms with van der Waals surface area (Å²) in [5, 5.41) is 0. The SMILES string of the molecule is CN(C)C(C(=O)OC(C)(C)C)C(=O)OC(C)(C)C. The summed E-state index contributed by atoms with van der Waals surface area (Å²) in [5.41, 5.74) is -1.26. The lowest BCUT2D eigenvalue weighted by Gasteiger charge is -2.28. The van der Waals surface area contributed by atoms with E-state index in [2.05, 4.69) is 0 Å². The van der Waals surface area contributed by atoms with E-state index in [1.165, 1.54) is 4.90 Å². The van der Waals surface area contributed by atoms with Gasteiger partial charge in [0.15, 0.2) is 0 Å². The topological polar surface area (TPSA) is 55.8 Å². The second kappa shape index (κ2) is 5.69. The zero-order chi connectivity index (χ0) is 14.7. The summed E-state index contributed by atoms with van der Waals surface area (Å²) in [6.45, 7) is 10.5. The van der Waals surface area contributed by atoms with Crippen molar-refractivity contribution < 1.29 is 19.1 Å². The van der Waals surface area contributed by atoms with E-state index in [1.54, 1.807) is 55.6 Å². The first-order valence-electron chi connectivity index (χ1n) is 5.95. The Bertz CT molecular complexity index is 282. The van der Waals surface area contributed by atoms with E-state index >= 15 is 0 Å². The molecule has 0 aliphatic heterocycles. The molecule has 5 heteroatoms. The molecule has 0 heterocycles. The van der Waals surface area contributed by atoms with Crippen molar-refractivity contribution in [1.29, 1.82) is 0 Å². The summed E-state index contributed by atoms with van der Waals surface area (Å²) in [4.78, 5) is 25.4. The largest absolute Gasteiger partial charge is 0.458 e. The van der Waals surface area contributed by atoms with Gasteiger partial charge in [-0.05, 0) is 55.6 Å². The molecule has 0 saturated heterocycles. The highest BCUT2D eigenvalue weighted by Gasteiger charge is 2.36. The van der Waals surface area contributed by atoms with Crippen molar-refractivity contribution in [2.24, 2.45) is 0 Å². The summed E-state index contributed by atoms with van der Waals surface area (Å²) in [6, 6.07) is -1.04. The quantitative estimate of drug-likeness (QED) is 0.569. The third kappa shape index (κ3) is 6.59. The Morgan fingerprint density at radius 3 is 1.28 bits per heavy atom. The van der Waals surface area contributed by atoms with Gasteiger partial charge in [-0.15, -0.1) is 0 Å². The number of nitrogens with zero attached hydrogens (tertiary/aromatic N) is 1. The van der Waals surface area contributed by atoms with Gasteiger partial charge in [-0.25, -0.2) is 9.59 Å². The average Bonchev–Trinajstić information content (AvgIpc) is 1.93. The Hall–Kier alpha value is -1.10. The second-order valence-electron chi connectivity index (χ2n) is 6.43. The highest BCUT2D eigenvalue weighted by atomic mass is 16.6. The number of likely N-dealkylation sites (N-methyl/N-ethyl adjacent to an activating group) is 1. The first-order valence-corrected chi connectivity index (χ1v) is 5.95. The van der Waals surface area contributed by atoms with Crippen LogP contribution in [0.25, 0.3) is 0 Å². The highest BCUT2D eigenvalue weighted by molar-refractivity contribution is 5.99. The zero-order valence-corrected chi connectivity index (χ0v) is 12.7. The number of rotatable bonds is 3. The Balaban J connectivity index is 4.88. The lowest BCUT2D eigenvalue weighted by Crippen LogP contribution is -2.48. The maximum atomic E-state index is 12.0. The van der Waals surface area contributed by atoms with Crippen LogP contribution in [0.5, 0.6) is 0 Å². The van der Waals surface area contributed by atoms with Gasteiger partial charge >= 0.3 is 11.9 Å². The molecule has 0 aromatic carbocycles. The van der Waals surface area contributed by atoms with Crippen molar-refractivity contribution in [3.8, 4) is 0 Å². The first kappa shape index (κ1) is 16.9. The molecule has 0 amide bonds. The van der Waals surface area contributed by atoms with E-state index in [4.69, 9.17) is 9.47 Å². The van der Waals surface area contributed by atoms with Crippen LogP contribution in [0.1, 0.15) is 41.5 Å². The number of esters is 2. The molecule has 0 radical (unpaired) electrons. The van der Waals surface area contributed by atoms with Gasteiger partial charge in [0.25, 0.3) is 0 Å². The molecule has 0 spiro atoms. The number of ether oxygens (including phenoxy) is 2. The van der Waals surface area contributed by atoms with Crippen molar-refractivity contribution >= 4 is 11.9 Å². The van der Waals surface area contributed by atoms with Crippen molar-refractivity contribution in [3.63, 3.8) is 0 Å². The van der Waals surface area contributed by atoms with E-state index in [1.807, 2.05) is 0 Å². The van der Waals surface area contributed by atoms with Crippen molar-refractivity contribution in [1.82, 2.24) is 4.90 Å². The summed E-state index contributed by atoms with van der Waals surface area (Å²) >= 11 is 0. The van der Waals surface area contributed by atoms with Crippen molar-refractivity contribution in [2.75, 3.05) is 14.1 Å². The smallest absolute Gasteiger partial charge is 0.335 e. The van der Waals surface area contributed by atoms with Gasteiger partial charge in [0.1, 0.15) is 11.2 Å². The fourth-order valence-corrected chi connectivity index (χ4v) is 1.23. The molecule has 106 valence electrons. The van der Waals surface area contributed by atoms with Gasteiger partial charge in [-0.3, -0.25) is 4.90 Å². The number of hydrogen-bond donors (Lipinski definition) is 0. The van der Waals surface area contributed by atoms with Crippen LogP contribution in [-0.2, 0) is 19.1 Å². The van der Waals surface area contributed by atoms with Crippen LogP contribution < -0.4 is 0 Å². The molecule has 0 bridgehead atoms. The minimum atomic E-state index is -1.04. The lowest BCUT2D eigenvalue weighted by atomic mass is 10.1. The van der Waals surface area contributed by atoms with Gasteiger partial charge in [0, 0.05) is 0 Å². The molecule has 0 N–H and O–H groups in total. The Morgan fingerprint density at radius 2 is 1.11 bits per heavy atom. The predicted molar refractivity (Wildman–Crippen MR) is 69.2 cm³/mol. The van der Waals surface area contributed by atoms with Crippen LogP contribution in [0.2, 0.25) is 0 Å². The molecule has 0 fully saturated rings. The number of carbonyl (C=O) groups excluding carboxylic acids is 2. The molecule has 5 nitrogen and oxygen atoms in total. The van der Waals surface area contributed by atoms with E-state index < -0.39 is 29.2 Å². The number of carbonyl (C=O) groups is 2. The van der Waals surface area contributed by atoms with Crippen LogP contribution in [-0.4, -0.2) is 48.2 Å². The number of hydrogen-bond acceptors (Lipinski definition) is 5. The molecule has 0 unspecified atom stereocenters. The van der Waals surface area contributed by atoms with Crippen LogP contribution >= 0.6 is 0 Å². The molecule has 0 aliphatic rings. The Labute approximate surface area is 109 Å². The van der Waals surface area contributed by atoms with E-state index in [0.29, 0.717) is 0 Å². The van der Waals surface area contributed by atoms with E-state index in [0.717, 1.165) is 0 Å². The van der Waals surface area contributed by atoms with Crippen molar-refractivity contribution in [3.05, 3.63) is 0 Å². The summed E-state index contributed by atoms with van der Waals surface area (Å²) in [6.07, 6.45) is 0. The van der Waals surface area contributed by atoms with Gasteiger partial charge in [0.2, 0.25) is 6.04 Å².